The summed E-state index contributed by atoms with van der Waals surface area (Å²) in [6.45, 7) is 0. The Bertz CT molecular complexity index is 1080. The summed E-state index contributed by atoms with van der Waals surface area (Å²) in [4.78, 5) is 16.1. The van der Waals surface area contributed by atoms with E-state index in [2.05, 4.69) is 10.1 Å². The molecule has 0 atom stereocenters. The molecular formula is C16H11FN4O. The predicted molar refractivity (Wildman–Crippen MR) is 81.1 cm³/mol. The molecule has 6 heteroatoms. The molecule has 4 aromatic rings. The lowest BCUT2D eigenvalue weighted by atomic mass is 10.2. The van der Waals surface area contributed by atoms with E-state index in [0.717, 1.165) is 6.20 Å². The monoisotopic (exact) mass is 294 g/mol. The average Bonchev–Trinajstić information content (AvgIpc) is 2.98. The summed E-state index contributed by atoms with van der Waals surface area (Å²) in [6.07, 6.45) is 2.66. The quantitative estimate of drug-likeness (QED) is 0.541. The van der Waals surface area contributed by atoms with Crippen LogP contribution in [0, 0.1) is 5.82 Å². The van der Waals surface area contributed by atoms with Crippen LogP contribution in [0.4, 0.5) is 4.39 Å². The summed E-state index contributed by atoms with van der Waals surface area (Å²) in [5.74, 6) is -0.444. The van der Waals surface area contributed by atoms with Crippen LogP contribution >= 0.6 is 0 Å². The Labute approximate surface area is 124 Å². The zero-order valence-corrected chi connectivity index (χ0v) is 11.7. The first kappa shape index (κ1) is 12.7. The van der Waals surface area contributed by atoms with Crippen molar-refractivity contribution < 1.29 is 4.39 Å². The molecule has 3 aromatic heterocycles. The van der Waals surface area contributed by atoms with Crippen molar-refractivity contribution in [2.75, 3.05) is 0 Å². The predicted octanol–water partition coefficient (Wildman–Crippen LogP) is 2.39. The smallest absolute Gasteiger partial charge is 0.261 e. The number of para-hydroxylation sites is 1. The number of halogens is 1. The van der Waals surface area contributed by atoms with Gasteiger partial charge in [0, 0.05) is 24.9 Å². The second-order valence-electron chi connectivity index (χ2n) is 5.04. The fourth-order valence-electron chi connectivity index (χ4n) is 2.63. The van der Waals surface area contributed by atoms with E-state index < -0.39 is 5.82 Å². The zero-order valence-electron chi connectivity index (χ0n) is 11.7. The summed E-state index contributed by atoms with van der Waals surface area (Å²) >= 11 is 0. The van der Waals surface area contributed by atoms with Crippen LogP contribution in [0.25, 0.3) is 27.8 Å². The van der Waals surface area contributed by atoms with E-state index in [-0.39, 0.29) is 5.56 Å². The lowest BCUT2D eigenvalue weighted by molar-refractivity contribution is 0.624. The molecule has 0 radical (unpaired) electrons. The fourth-order valence-corrected chi connectivity index (χ4v) is 2.63. The first-order chi connectivity index (χ1) is 10.7. The van der Waals surface area contributed by atoms with Crippen LogP contribution < -0.4 is 5.56 Å². The normalized spacial score (nSPS) is 11.4. The number of pyridine rings is 1. The molecule has 0 aliphatic heterocycles. The topological polar surface area (TPSA) is 52.2 Å². The minimum absolute atomic E-state index is 0.107. The molecule has 22 heavy (non-hydrogen) atoms. The SMILES string of the molecule is Cn1c(=O)c2ccccc2n2nc(-c3ccncc3F)cc12. The van der Waals surface area contributed by atoms with Gasteiger partial charge in [0.05, 0.1) is 22.8 Å². The van der Waals surface area contributed by atoms with Crippen LogP contribution in [0.1, 0.15) is 0 Å². The van der Waals surface area contributed by atoms with Crippen molar-refractivity contribution in [1.82, 2.24) is 19.2 Å². The maximum absolute atomic E-state index is 13.9. The minimum Gasteiger partial charge on any atom is -0.296 e. The first-order valence-electron chi connectivity index (χ1n) is 6.74. The minimum atomic E-state index is -0.444. The lowest BCUT2D eigenvalue weighted by Crippen LogP contribution is -2.19. The van der Waals surface area contributed by atoms with Crippen LogP contribution in [-0.4, -0.2) is 19.2 Å². The van der Waals surface area contributed by atoms with Gasteiger partial charge in [-0.15, -0.1) is 0 Å². The van der Waals surface area contributed by atoms with E-state index in [1.54, 1.807) is 29.8 Å². The average molecular weight is 294 g/mol. The van der Waals surface area contributed by atoms with Crippen molar-refractivity contribution in [1.29, 1.82) is 0 Å². The van der Waals surface area contributed by atoms with Crippen molar-refractivity contribution in [3.05, 3.63) is 65.0 Å². The van der Waals surface area contributed by atoms with Gasteiger partial charge in [-0.3, -0.25) is 14.3 Å². The van der Waals surface area contributed by atoms with Gasteiger partial charge < -0.3 is 0 Å². The number of aryl methyl sites for hydroxylation is 1. The van der Waals surface area contributed by atoms with Crippen molar-refractivity contribution in [2.45, 2.75) is 0 Å². The number of nitrogens with zero attached hydrogens (tertiary/aromatic N) is 4. The summed E-state index contributed by atoms with van der Waals surface area (Å²) in [5.41, 5.74) is 2.02. The summed E-state index contributed by atoms with van der Waals surface area (Å²) in [5, 5.41) is 5.03. The number of fused-ring (bicyclic) bond motifs is 3. The Balaban J connectivity index is 2.15. The highest BCUT2D eigenvalue weighted by Gasteiger charge is 2.14. The molecule has 0 N–H and O–H groups in total. The van der Waals surface area contributed by atoms with Gasteiger partial charge in [0.1, 0.15) is 5.65 Å². The van der Waals surface area contributed by atoms with Crippen LogP contribution in [0.15, 0.2) is 53.6 Å². The van der Waals surface area contributed by atoms with E-state index in [9.17, 15) is 9.18 Å². The molecular weight excluding hydrogens is 283 g/mol. The number of rotatable bonds is 1. The Kier molecular flexibility index (Phi) is 2.59. The largest absolute Gasteiger partial charge is 0.296 e. The number of hydrogen-bond acceptors (Lipinski definition) is 3. The summed E-state index contributed by atoms with van der Waals surface area (Å²) < 4.78 is 17.1. The van der Waals surface area contributed by atoms with Crippen LogP contribution in [-0.2, 0) is 7.05 Å². The molecule has 0 fully saturated rings. The van der Waals surface area contributed by atoms with Gasteiger partial charge in [-0.2, -0.15) is 5.10 Å². The Morgan fingerprint density at radius 1 is 1.18 bits per heavy atom. The van der Waals surface area contributed by atoms with Gasteiger partial charge >= 0.3 is 0 Å². The van der Waals surface area contributed by atoms with Gasteiger partial charge in [-0.05, 0) is 18.2 Å². The third-order valence-corrected chi connectivity index (χ3v) is 3.75. The van der Waals surface area contributed by atoms with Crippen LogP contribution in [0.5, 0.6) is 0 Å². The molecule has 0 saturated heterocycles. The number of hydrogen-bond donors (Lipinski definition) is 0. The van der Waals surface area contributed by atoms with E-state index in [1.165, 1.54) is 10.8 Å². The molecule has 0 amide bonds. The highest BCUT2D eigenvalue weighted by molar-refractivity contribution is 5.81. The standard InChI is InChI=1S/C16H11FN4O/c1-20-15-8-13(10-6-7-18-9-12(10)17)19-21(15)14-5-3-2-4-11(14)16(20)22/h2-9H,1H3. The van der Waals surface area contributed by atoms with Gasteiger partial charge in [-0.25, -0.2) is 8.91 Å². The van der Waals surface area contributed by atoms with Gasteiger partial charge in [0.2, 0.25) is 0 Å². The lowest BCUT2D eigenvalue weighted by Gasteiger charge is -2.05. The van der Waals surface area contributed by atoms with Gasteiger partial charge in [0.15, 0.2) is 5.82 Å². The van der Waals surface area contributed by atoms with Gasteiger partial charge in [-0.1, -0.05) is 12.1 Å². The van der Waals surface area contributed by atoms with E-state index in [1.807, 2.05) is 18.2 Å². The Hall–Kier alpha value is -3.02. The second kappa shape index (κ2) is 4.49. The number of aromatic nitrogens is 4. The van der Waals surface area contributed by atoms with Crippen LogP contribution in [0.3, 0.4) is 0 Å². The first-order valence-corrected chi connectivity index (χ1v) is 6.74. The molecule has 108 valence electrons. The molecule has 4 rings (SSSR count). The highest BCUT2D eigenvalue weighted by Crippen LogP contribution is 2.23. The Morgan fingerprint density at radius 3 is 2.82 bits per heavy atom. The molecule has 0 bridgehead atoms. The number of benzene rings is 1. The Morgan fingerprint density at radius 2 is 2.00 bits per heavy atom. The molecule has 1 aromatic carbocycles. The summed E-state index contributed by atoms with van der Waals surface area (Å²) in [6, 6.07) is 10.5. The van der Waals surface area contributed by atoms with Crippen LogP contribution in [0.2, 0.25) is 0 Å². The highest BCUT2D eigenvalue weighted by atomic mass is 19.1. The molecule has 0 spiro atoms. The maximum atomic E-state index is 13.9. The second-order valence-corrected chi connectivity index (χ2v) is 5.04. The molecule has 5 nitrogen and oxygen atoms in total. The molecule has 3 heterocycles. The third-order valence-electron chi connectivity index (χ3n) is 3.75. The molecule has 0 unspecified atom stereocenters. The zero-order chi connectivity index (χ0) is 15.3. The third kappa shape index (κ3) is 1.67. The molecule has 0 saturated carbocycles. The molecule has 0 aliphatic carbocycles. The van der Waals surface area contributed by atoms with Crippen molar-refractivity contribution in [3.8, 4) is 11.3 Å². The van der Waals surface area contributed by atoms with E-state index >= 15 is 0 Å². The summed E-state index contributed by atoms with van der Waals surface area (Å²) in [7, 11) is 1.68. The van der Waals surface area contributed by atoms with Crippen molar-refractivity contribution >= 4 is 16.6 Å². The molecule has 0 aliphatic rings. The maximum Gasteiger partial charge on any atom is 0.261 e. The van der Waals surface area contributed by atoms with E-state index in [0.29, 0.717) is 27.8 Å². The fraction of sp³-hybridized carbons (Fsp3) is 0.0625. The van der Waals surface area contributed by atoms with Crippen molar-refractivity contribution in [2.24, 2.45) is 7.05 Å². The van der Waals surface area contributed by atoms with Crippen molar-refractivity contribution in [3.63, 3.8) is 0 Å². The van der Waals surface area contributed by atoms with E-state index in [4.69, 9.17) is 0 Å². The van der Waals surface area contributed by atoms with Gasteiger partial charge in [0.25, 0.3) is 5.56 Å².